The number of alkyl halides is 2. The van der Waals surface area contributed by atoms with Crippen molar-refractivity contribution < 1.29 is 18.3 Å². The van der Waals surface area contributed by atoms with Crippen LogP contribution in [0.5, 0.6) is 5.75 Å². The van der Waals surface area contributed by atoms with Crippen molar-refractivity contribution in [1.82, 2.24) is 10.2 Å². The van der Waals surface area contributed by atoms with Crippen LogP contribution in [0, 0.1) is 5.92 Å². The zero-order chi connectivity index (χ0) is 18.2. The van der Waals surface area contributed by atoms with Gasteiger partial charge < -0.3 is 15.4 Å². The molecule has 0 aromatic heterocycles. The minimum atomic E-state index is -2.92. The Kier molecular flexibility index (Phi) is 9.83. The van der Waals surface area contributed by atoms with Crippen LogP contribution in [-0.4, -0.2) is 50.1 Å². The normalized spacial score (nSPS) is 16.8. The Morgan fingerprint density at radius 2 is 1.96 bits per heavy atom. The zero-order valence-electron chi connectivity index (χ0n) is 15.2. The third kappa shape index (κ3) is 6.70. The van der Waals surface area contributed by atoms with E-state index in [2.05, 4.69) is 20.3 Å². The van der Waals surface area contributed by atoms with Gasteiger partial charge in [0.25, 0.3) is 0 Å². The molecule has 1 aromatic rings. The van der Waals surface area contributed by atoms with E-state index in [0.29, 0.717) is 5.92 Å². The summed E-state index contributed by atoms with van der Waals surface area (Å²) in [4.78, 5) is 14.6. The smallest absolute Gasteiger partial charge is 0.387 e. The molecular weight excluding hydrogens is 364 g/mol. The van der Waals surface area contributed by atoms with Gasteiger partial charge in [-0.2, -0.15) is 8.78 Å². The number of benzene rings is 1. The molecule has 0 radical (unpaired) electrons. The standard InChI is InChI=1S/C18H27F2N3O2.ClH/c1-13(23-11-8-14(9-12-23)7-10-21-2)17(24)22-15-5-3-4-6-16(15)25-18(19)20;/h3-6,13-14,18,21H,7-12H2,1-2H3,(H,22,24);1H. The first-order valence-corrected chi connectivity index (χ1v) is 8.74. The van der Waals surface area contributed by atoms with Crippen LogP contribution >= 0.6 is 12.4 Å². The van der Waals surface area contributed by atoms with Crippen LogP contribution in [0.4, 0.5) is 14.5 Å². The lowest BCUT2D eigenvalue weighted by molar-refractivity contribution is -0.121. The van der Waals surface area contributed by atoms with Gasteiger partial charge in [-0.1, -0.05) is 12.1 Å². The first-order chi connectivity index (χ1) is 12.0. The summed E-state index contributed by atoms with van der Waals surface area (Å²) in [6.45, 7) is 1.68. The third-order valence-corrected chi connectivity index (χ3v) is 4.74. The van der Waals surface area contributed by atoms with Crippen molar-refractivity contribution in [2.75, 3.05) is 32.0 Å². The van der Waals surface area contributed by atoms with Gasteiger partial charge in [-0.3, -0.25) is 9.69 Å². The Balaban J connectivity index is 0.00000338. The van der Waals surface area contributed by atoms with Gasteiger partial charge in [0.1, 0.15) is 5.75 Å². The molecule has 1 amide bonds. The van der Waals surface area contributed by atoms with E-state index in [9.17, 15) is 13.6 Å². The van der Waals surface area contributed by atoms with E-state index in [4.69, 9.17) is 0 Å². The molecule has 1 saturated heterocycles. The van der Waals surface area contributed by atoms with Crippen molar-refractivity contribution in [2.24, 2.45) is 5.92 Å². The molecule has 2 rings (SSSR count). The topological polar surface area (TPSA) is 53.6 Å². The number of amides is 1. The molecule has 0 spiro atoms. The van der Waals surface area contributed by atoms with Crippen molar-refractivity contribution in [3.05, 3.63) is 24.3 Å². The summed E-state index contributed by atoms with van der Waals surface area (Å²) in [5.41, 5.74) is 0.267. The quantitative estimate of drug-likeness (QED) is 0.713. The van der Waals surface area contributed by atoms with E-state index in [-0.39, 0.29) is 35.8 Å². The molecule has 0 bridgehead atoms. The summed E-state index contributed by atoms with van der Waals surface area (Å²) in [7, 11) is 1.96. The lowest BCUT2D eigenvalue weighted by Gasteiger charge is -2.35. The summed E-state index contributed by atoms with van der Waals surface area (Å²) >= 11 is 0. The largest absolute Gasteiger partial charge is 0.433 e. The lowest BCUT2D eigenvalue weighted by Crippen LogP contribution is -2.46. The molecule has 0 aliphatic carbocycles. The van der Waals surface area contributed by atoms with Gasteiger partial charge in [0, 0.05) is 0 Å². The van der Waals surface area contributed by atoms with Crippen LogP contribution in [-0.2, 0) is 4.79 Å². The van der Waals surface area contributed by atoms with Gasteiger partial charge in [-0.05, 0) is 70.9 Å². The molecular formula is C18H28ClF2N3O2. The molecule has 1 aliphatic rings. The van der Waals surface area contributed by atoms with E-state index in [0.717, 1.165) is 38.9 Å². The second-order valence-corrected chi connectivity index (χ2v) is 6.41. The SMILES string of the molecule is CNCCC1CCN(C(C)C(=O)Nc2ccccc2OC(F)F)CC1.Cl. The average molecular weight is 392 g/mol. The number of hydrogen-bond acceptors (Lipinski definition) is 4. The Morgan fingerprint density at radius 3 is 2.58 bits per heavy atom. The van der Waals surface area contributed by atoms with E-state index < -0.39 is 6.61 Å². The first-order valence-electron chi connectivity index (χ1n) is 8.74. The number of halogens is 3. The minimum absolute atomic E-state index is 0. The Morgan fingerprint density at radius 1 is 1.31 bits per heavy atom. The van der Waals surface area contributed by atoms with Crippen LogP contribution in [0.25, 0.3) is 0 Å². The van der Waals surface area contributed by atoms with Crippen molar-refractivity contribution in [3.63, 3.8) is 0 Å². The van der Waals surface area contributed by atoms with Gasteiger partial charge in [-0.25, -0.2) is 0 Å². The minimum Gasteiger partial charge on any atom is -0.433 e. The first kappa shape index (κ1) is 22.6. The highest BCUT2D eigenvalue weighted by Crippen LogP contribution is 2.26. The van der Waals surface area contributed by atoms with Crippen molar-refractivity contribution in [3.8, 4) is 5.75 Å². The number of carbonyl (C=O) groups is 1. The highest BCUT2D eigenvalue weighted by atomic mass is 35.5. The number of nitrogens with zero attached hydrogens (tertiary/aromatic N) is 1. The fourth-order valence-electron chi connectivity index (χ4n) is 3.15. The Bertz CT molecular complexity index is 555. The summed E-state index contributed by atoms with van der Waals surface area (Å²) in [5, 5.41) is 5.88. The molecule has 1 atom stereocenters. The van der Waals surface area contributed by atoms with Gasteiger partial charge in [0.15, 0.2) is 0 Å². The molecule has 1 fully saturated rings. The number of likely N-dealkylation sites (tertiary alicyclic amines) is 1. The van der Waals surface area contributed by atoms with Crippen LogP contribution < -0.4 is 15.4 Å². The van der Waals surface area contributed by atoms with Crippen LogP contribution in [0.1, 0.15) is 26.2 Å². The predicted octanol–water partition coefficient (Wildman–Crippen LogP) is 3.36. The molecule has 2 N–H and O–H groups in total. The van der Waals surface area contributed by atoms with Crippen LogP contribution in [0.15, 0.2) is 24.3 Å². The number of anilines is 1. The van der Waals surface area contributed by atoms with Gasteiger partial charge in [-0.15, -0.1) is 12.4 Å². The maximum atomic E-state index is 12.5. The van der Waals surface area contributed by atoms with E-state index in [1.54, 1.807) is 18.2 Å². The number of hydrogen-bond donors (Lipinski definition) is 2. The fourth-order valence-corrected chi connectivity index (χ4v) is 3.15. The summed E-state index contributed by atoms with van der Waals surface area (Å²) in [5.74, 6) is 0.460. The number of carbonyl (C=O) groups excluding carboxylic acids is 1. The maximum Gasteiger partial charge on any atom is 0.387 e. The summed E-state index contributed by atoms with van der Waals surface area (Å²) in [6.07, 6.45) is 3.30. The van der Waals surface area contributed by atoms with Gasteiger partial charge >= 0.3 is 6.61 Å². The van der Waals surface area contributed by atoms with E-state index in [1.807, 2.05) is 14.0 Å². The molecule has 5 nitrogen and oxygen atoms in total. The van der Waals surface area contributed by atoms with Gasteiger partial charge in [0.2, 0.25) is 5.91 Å². The molecule has 1 aliphatic heterocycles. The molecule has 1 aromatic carbocycles. The number of piperidine rings is 1. The Hall–Kier alpha value is -1.44. The highest BCUT2D eigenvalue weighted by Gasteiger charge is 2.27. The number of para-hydroxylation sites is 2. The molecule has 8 heteroatoms. The van der Waals surface area contributed by atoms with Crippen molar-refractivity contribution in [1.29, 1.82) is 0 Å². The molecule has 1 heterocycles. The molecule has 1 unspecified atom stereocenters. The van der Waals surface area contributed by atoms with E-state index in [1.165, 1.54) is 6.07 Å². The van der Waals surface area contributed by atoms with Crippen LogP contribution in [0.2, 0.25) is 0 Å². The zero-order valence-corrected chi connectivity index (χ0v) is 16.0. The fraction of sp³-hybridized carbons (Fsp3) is 0.611. The van der Waals surface area contributed by atoms with Crippen LogP contribution in [0.3, 0.4) is 0 Å². The molecule has 26 heavy (non-hydrogen) atoms. The second-order valence-electron chi connectivity index (χ2n) is 6.41. The summed E-state index contributed by atoms with van der Waals surface area (Å²) < 4.78 is 29.4. The number of nitrogens with one attached hydrogen (secondary N) is 2. The maximum absolute atomic E-state index is 12.5. The lowest BCUT2D eigenvalue weighted by atomic mass is 9.93. The van der Waals surface area contributed by atoms with Crippen molar-refractivity contribution in [2.45, 2.75) is 38.8 Å². The second kappa shape index (κ2) is 11.3. The molecule has 0 saturated carbocycles. The predicted molar refractivity (Wildman–Crippen MR) is 101 cm³/mol. The van der Waals surface area contributed by atoms with Gasteiger partial charge in [0.05, 0.1) is 11.7 Å². The highest BCUT2D eigenvalue weighted by molar-refractivity contribution is 5.95. The van der Waals surface area contributed by atoms with Crippen molar-refractivity contribution >= 4 is 24.0 Å². The molecule has 148 valence electrons. The Labute approximate surface area is 159 Å². The average Bonchev–Trinajstić information content (AvgIpc) is 2.61. The number of ether oxygens (including phenoxy) is 1. The number of rotatable bonds is 8. The third-order valence-electron chi connectivity index (χ3n) is 4.74. The summed E-state index contributed by atoms with van der Waals surface area (Å²) in [6, 6.07) is 5.93. The van der Waals surface area contributed by atoms with E-state index >= 15 is 0 Å². The monoisotopic (exact) mass is 391 g/mol.